The van der Waals surface area contributed by atoms with Crippen LogP contribution in [-0.4, -0.2) is 50.2 Å². The van der Waals surface area contributed by atoms with Crippen molar-refractivity contribution >= 4 is 38.9 Å². The van der Waals surface area contributed by atoms with Crippen molar-refractivity contribution in [1.82, 2.24) is 9.97 Å². The fraction of sp³-hybridized carbons (Fsp3) is 0.333. The highest BCUT2D eigenvalue weighted by Crippen LogP contribution is 2.31. The van der Waals surface area contributed by atoms with Crippen molar-refractivity contribution in [2.75, 3.05) is 55.0 Å². The molecule has 1 aliphatic rings. The second-order valence-electron chi connectivity index (χ2n) is 6.19. The summed E-state index contributed by atoms with van der Waals surface area (Å²) < 4.78 is 1.36. The number of rotatable bonds is 3. The van der Waals surface area contributed by atoms with Gasteiger partial charge in [-0.2, -0.15) is 4.98 Å². The van der Waals surface area contributed by atoms with E-state index in [1.807, 2.05) is 31.3 Å². The van der Waals surface area contributed by atoms with Crippen LogP contribution in [0.4, 0.5) is 17.5 Å². The van der Waals surface area contributed by atoms with Gasteiger partial charge in [0.1, 0.15) is 5.82 Å². The Balaban J connectivity index is 1.51. The van der Waals surface area contributed by atoms with E-state index in [1.165, 1.54) is 15.8 Å². The fourth-order valence-electron chi connectivity index (χ4n) is 3.14. The van der Waals surface area contributed by atoms with Crippen LogP contribution in [0.15, 0.2) is 41.9 Å². The molecule has 0 N–H and O–H groups in total. The zero-order chi connectivity index (χ0) is 16.5. The van der Waals surface area contributed by atoms with Gasteiger partial charge in [0.2, 0.25) is 5.95 Å². The highest BCUT2D eigenvalue weighted by Gasteiger charge is 2.21. The fourth-order valence-corrected chi connectivity index (χ4v) is 3.95. The minimum Gasteiger partial charge on any atom is -0.367 e. The molecular formula is C18H21N5S. The summed E-state index contributed by atoms with van der Waals surface area (Å²) in [6.07, 6.45) is 1.84. The molecule has 0 amide bonds. The van der Waals surface area contributed by atoms with Crippen LogP contribution in [0.1, 0.15) is 0 Å². The number of aromatic nitrogens is 2. The first-order valence-electron chi connectivity index (χ1n) is 8.19. The number of nitrogens with zero attached hydrogens (tertiary/aromatic N) is 5. The summed E-state index contributed by atoms with van der Waals surface area (Å²) in [6.45, 7) is 3.86. The molecule has 3 aromatic rings. The first-order chi connectivity index (χ1) is 11.7. The van der Waals surface area contributed by atoms with E-state index in [2.05, 4.69) is 49.4 Å². The lowest BCUT2D eigenvalue weighted by atomic mass is 10.2. The van der Waals surface area contributed by atoms with Crippen LogP contribution < -0.4 is 14.7 Å². The summed E-state index contributed by atoms with van der Waals surface area (Å²) in [5.41, 5.74) is 1.34. The number of piperazine rings is 1. The zero-order valence-corrected chi connectivity index (χ0v) is 14.8. The van der Waals surface area contributed by atoms with Gasteiger partial charge in [-0.25, -0.2) is 4.98 Å². The number of hydrogen-bond acceptors (Lipinski definition) is 6. The molecule has 1 aliphatic heterocycles. The van der Waals surface area contributed by atoms with E-state index in [0.29, 0.717) is 0 Å². The van der Waals surface area contributed by atoms with E-state index in [1.54, 1.807) is 11.3 Å². The largest absolute Gasteiger partial charge is 0.367 e. The summed E-state index contributed by atoms with van der Waals surface area (Å²) in [5, 5.41) is 3.53. The van der Waals surface area contributed by atoms with Gasteiger partial charge in [-0.3, -0.25) is 0 Å². The van der Waals surface area contributed by atoms with Gasteiger partial charge >= 0.3 is 0 Å². The molecule has 0 atom stereocenters. The third-order valence-electron chi connectivity index (χ3n) is 4.46. The Hall–Kier alpha value is -2.34. The minimum absolute atomic E-state index is 0.828. The average molecular weight is 339 g/mol. The smallest absolute Gasteiger partial charge is 0.227 e. The Kier molecular flexibility index (Phi) is 3.98. The topological polar surface area (TPSA) is 35.5 Å². The number of benzene rings is 1. The Morgan fingerprint density at radius 1 is 1.00 bits per heavy atom. The molecule has 124 valence electrons. The lowest BCUT2D eigenvalue weighted by Crippen LogP contribution is -2.47. The van der Waals surface area contributed by atoms with Crippen molar-refractivity contribution in [1.29, 1.82) is 0 Å². The quantitative estimate of drug-likeness (QED) is 0.733. The molecule has 0 aliphatic carbocycles. The minimum atomic E-state index is 0.828. The van der Waals surface area contributed by atoms with Crippen LogP contribution in [0.3, 0.4) is 0 Å². The lowest BCUT2D eigenvalue weighted by molar-refractivity contribution is 0.641. The van der Waals surface area contributed by atoms with Crippen molar-refractivity contribution in [3.8, 4) is 0 Å². The molecule has 0 unspecified atom stereocenters. The predicted octanol–water partition coefficient (Wildman–Crippen LogP) is 3.08. The Morgan fingerprint density at radius 2 is 1.79 bits per heavy atom. The molecular weight excluding hydrogens is 318 g/mol. The molecule has 0 radical (unpaired) electrons. The van der Waals surface area contributed by atoms with Crippen molar-refractivity contribution < 1.29 is 0 Å². The number of anilines is 3. The lowest BCUT2D eigenvalue weighted by Gasteiger charge is -2.36. The number of fused-ring (bicyclic) bond motifs is 1. The monoisotopic (exact) mass is 339 g/mol. The molecule has 24 heavy (non-hydrogen) atoms. The van der Waals surface area contributed by atoms with Crippen LogP contribution in [0.2, 0.25) is 0 Å². The molecule has 5 nitrogen and oxygen atoms in total. The zero-order valence-electron chi connectivity index (χ0n) is 14.0. The maximum Gasteiger partial charge on any atom is 0.227 e. The standard InChI is InChI=1S/C18H21N5S/c1-21(2)17-6-8-19-18(20-17)23-11-9-22(10-12-23)15-4-3-5-16-14(15)7-13-24-16/h3-8,13H,9-12H2,1-2H3. The Labute approximate surface area is 146 Å². The van der Waals surface area contributed by atoms with Gasteiger partial charge in [-0.1, -0.05) is 6.07 Å². The summed E-state index contributed by atoms with van der Waals surface area (Å²) in [5.74, 6) is 1.78. The van der Waals surface area contributed by atoms with E-state index in [4.69, 9.17) is 0 Å². The SMILES string of the molecule is CN(C)c1ccnc(N2CCN(c3cccc4sccc34)CC2)n1. The van der Waals surface area contributed by atoms with E-state index in [0.717, 1.165) is 37.9 Å². The molecule has 1 fully saturated rings. The highest BCUT2D eigenvalue weighted by molar-refractivity contribution is 7.17. The predicted molar refractivity (Wildman–Crippen MR) is 103 cm³/mol. The number of thiophene rings is 1. The van der Waals surface area contributed by atoms with Gasteiger partial charge in [0.25, 0.3) is 0 Å². The first kappa shape index (κ1) is 15.2. The van der Waals surface area contributed by atoms with Crippen molar-refractivity contribution in [3.63, 3.8) is 0 Å². The molecule has 2 aromatic heterocycles. The third kappa shape index (κ3) is 2.78. The highest BCUT2D eigenvalue weighted by atomic mass is 32.1. The van der Waals surface area contributed by atoms with E-state index in [9.17, 15) is 0 Å². The van der Waals surface area contributed by atoms with Crippen molar-refractivity contribution in [2.24, 2.45) is 0 Å². The van der Waals surface area contributed by atoms with Crippen LogP contribution >= 0.6 is 11.3 Å². The summed E-state index contributed by atoms with van der Waals surface area (Å²) in [6, 6.07) is 10.8. The van der Waals surface area contributed by atoms with Crippen LogP contribution in [-0.2, 0) is 0 Å². The maximum absolute atomic E-state index is 4.66. The van der Waals surface area contributed by atoms with Crippen molar-refractivity contribution in [2.45, 2.75) is 0 Å². The van der Waals surface area contributed by atoms with Gasteiger partial charge in [-0.05, 0) is 29.6 Å². The van der Waals surface area contributed by atoms with E-state index < -0.39 is 0 Å². The Morgan fingerprint density at radius 3 is 2.58 bits per heavy atom. The van der Waals surface area contributed by atoms with Crippen LogP contribution in [0.5, 0.6) is 0 Å². The normalized spacial score (nSPS) is 15.1. The second-order valence-corrected chi connectivity index (χ2v) is 7.14. The van der Waals surface area contributed by atoms with E-state index >= 15 is 0 Å². The summed E-state index contributed by atoms with van der Waals surface area (Å²) in [4.78, 5) is 15.9. The molecule has 3 heterocycles. The molecule has 0 saturated carbocycles. The number of hydrogen-bond donors (Lipinski definition) is 0. The molecule has 1 saturated heterocycles. The summed E-state index contributed by atoms with van der Waals surface area (Å²) in [7, 11) is 4.01. The van der Waals surface area contributed by atoms with Crippen molar-refractivity contribution in [3.05, 3.63) is 41.9 Å². The maximum atomic E-state index is 4.66. The molecule has 0 spiro atoms. The average Bonchev–Trinajstić information content (AvgIpc) is 3.11. The third-order valence-corrected chi connectivity index (χ3v) is 5.34. The van der Waals surface area contributed by atoms with Crippen LogP contribution in [0.25, 0.3) is 10.1 Å². The molecule has 0 bridgehead atoms. The van der Waals surface area contributed by atoms with Gasteiger partial charge in [0.15, 0.2) is 0 Å². The molecule has 6 heteroatoms. The second kappa shape index (κ2) is 6.28. The summed E-state index contributed by atoms with van der Waals surface area (Å²) >= 11 is 1.81. The first-order valence-corrected chi connectivity index (χ1v) is 9.07. The molecule has 4 rings (SSSR count). The van der Waals surface area contributed by atoms with Gasteiger partial charge < -0.3 is 14.7 Å². The van der Waals surface area contributed by atoms with Gasteiger partial charge in [0.05, 0.1) is 0 Å². The van der Waals surface area contributed by atoms with Gasteiger partial charge in [-0.15, -0.1) is 11.3 Å². The van der Waals surface area contributed by atoms with Crippen LogP contribution in [0, 0.1) is 0 Å². The molecule has 1 aromatic carbocycles. The van der Waals surface area contributed by atoms with E-state index in [-0.39, 0.29) is 0 Å². The van der Waals surface area contributed by atoms with Gasteiger partial charge in [0, 0.05) is 62.2 Å². The Bertz CT molecular complexity index is 836.